The Bertz CT molecular complexity index is 599. The van der Waals surface area contributed by atoms with Gasteiger partial charge in [-0.05, 0) is 24.1 Å². The smallest absolute Gasteiger partial charge is 0.231 e. The van der Waals surface area contributed by atoms with Gasteiger partial charge in [0.25, 0.3) is 0 Å². The van der Waals surface area contributed by atoms with E-state index in [9.17, 15) is 9.18 Å². The molecule has 0 saturated carbocycles. The normalized spacial score (nSPS) is 11.9. The number of aromatic hydroxyl groups is 1. The zero-order valence-electron chi connectivity index (χ0n) is 11.1. The third kappa shape index (κ3) is 3.15. The van der Waals surface area contributed by atoms with Crippen LogP contribution in [0.3, 0.4) is 0 Å². The van der Waals surface area contributed by atoms with E-state index in [1.165, 1.54) is 12.1 Å². The van der Waals surface area contributed by atoms with Crippen molar-refractivity contribution >= 4 is 11.6 Å². The molecule has 0 saturated heterocycles. The molecule has 0 aliphatic carbocycles. The molecule has 2 N–H and O–H groups in total. The summed E-state index contributed by atoms with van der Waals surface area (Å²) >= 11 is 0. The second-order valence-electron chi connectivity index (χ2n) is 4.52. The first-order valence-electron chi connectivity index (χ1n) is 6.46. The summed E-state index contributed by atoms with van der Waals surface area (Å²) in [5.41, 5.74) is 0.967. The van der Waals surface area contributed by atoms with Gasteiger partial charge >= 0.3 is 0 Å². The minimum atomic E-state index is -0.652. The number of phenolic OH excluding ortho intramolecular Hbond substituents is 1. The van der Waals surface area contributed by atoms with Gasteiger partial charge in [-0.15, -0.1) is 0 Å². The molecule has 2 aromatic carbocycles. The zero-order valence-corrected chi connectivity index (χ0v) is 11.1. The van der Waals surface area contributed by atoms with E-state index in [1.807, 2.05) is 37.3 Å². The lowest BCUT2D eigenvalue weighted by atomic mass is 9.95. The number of carbonyl (C=O) groups excluding carboxylic acids is 1. The maximum absolute atomic E-state index is 13.6. The van der Waals surface area contributed by atoms with E-state index >= 15 is 0 Å². The molecule has 2 aromatic rings. The minimum absolute atomic E-state index is 0.0715. The van der Waals surface area contributed by atoms with Crippen molar-refractivity contribution in [1.29, 1.82) is 0 Å². The van der Waals surface area contributed by atoms with Crippen molar-refractivity contribution in [3.8, 4) is 5.75 Å². The van der Waals surface area contributed by atoms with Crippen molar-refractivity contribution in [2.75, 3.05) is 5.32 Å². The third-order valence-electron chi connectivity index (χ3n) is 3.14. The maximum Gasteiger partial charge on any atom is 0.231 e. The van der Waals surface area contributed by atoms with Crippen LogP contribution < -0.4 is 5.32 Å². The summed E-state index contributed by atoms with van der Waals surface area (Å²) in [6.07, 6.45) is 0.621. The van der Waals surface area contributed by atoms with Gasteiger partial charge in [0.15, 0.2) is 0 Å². The van der Waals surface area contributed by atoms with Crippen LogP contribution in [0.4, 0.5) is 10.1 Å². The summed E-state index contributed by atoms with van der Waals surface area (Å²) < 4.78 is 13.6. The van der Waals surface area contributed by atoms with Gasteiger partial charge in [-0.1, -0.05) is 37.3 Å². The Balaban J connectivity index is 2.18. The van der Waals surface area contributed by atoms with Crippen LogP contribution in [0, 0.1) is 5.82 Å². The predicted octanol–water partition coefficient (Wildman–Crippen LogP) is 3.66. The topological polar surface area (TPSA) is 49.3 Å². The summed E-state index contributed by atoms with van der Waals surface area (Å²) in [4.78, 5) is 12.2. The number of amides is 1. The Labute approximate surface area is 117 Å². The average molecular weight is 273 g/mol. The summed E-state index contributed by atoms with van der Waals surface area (Å²) in [6.45, 7) is 1.91. The molecule has 0 bridgehead atoms. The molecule has 0 fully saturated rings. The molecule has 0 aliphatic rings. The van der Waals surface area contributed by atoms with E-state index in [4.69, 9.17) is 5.11 Å². The van der Waals surface area contributed by atoms with Crippen molar-refractivity contribution in [1.82, 2.24) is 0 Å². The molecule has 1 atom stereocenters. The Morgan fingerprint density at radius 3 is 2.55 bits per heavy atom. The van der Waals surface area contributed by atoms with E-state index in [0.29, 0.717) is 6.42 Å². The van der Waals surface area contributed by atoms with Crippen LogP contribution in [0.2, 0.25) is 0 Å². The number of hydrogen-bond donors (Lipinski definition) is 2. The van der Waals surface area contributed by atoms with Gasteiger partial charge in [0, 0.05) is 6.07 Å². The predicted molar refractivity (Wildman–Crippen MR) is 76.2 cm³/mol. The first-order valence-corrected chi connectivity index (χ1v) is 6.46. The molecule has 0 heterocycles. The number of anilines is 1. The Morgan fingerprint density at radius 1 is 1.25 bits per heavy atom. The third-order valence-corrected chi connectivity index (χ3v) is 3.14. The molecule has 20 heavy (non-hydrogen) atoms. The van der Waals surface area contributed by atoms with Crippen LogP contribution in [0.15, 0.2) is 48.5 Å². The number of nitrogens with one attached hydrogen (secondary N) is 1. The number of rotatable bonds is 4. The quantitative estimate of drug-likeness (QED) is 0.835. The first kappa shape index (κ1) is 14.1. The Morgan fingerprint density at radius 2 is 1.95 bits per heavy atom. The second kappa shape index (κ2) is 6.19. The van der Waals surface area contributed by atoms with Gasteiger partial charge in [0.05, 0.1) is 11.6 Å². The van der Waals surface area contributed by atoms with E-state index in [2.05, 4.69) is 5.32 Å². The lowest BCUT2D eigenvalue weighted by Gasteiger charge is -2.15. The number of hydrogen-bond acceptors (Lipinski definition) is 2. The fraction of sp³-hybridized carbons (Fsp3) is 0.188. The molecule has 1 unspecified atom stereocenters. The van der Waals surface area contributed by atoms with Crippen LogP contribution in [0.1, 0.15) is 24.8 Å². The van der Waals surface area contributed by atoms with Gasteiger partial charge < -0.3 is 10.4 Å². The van der Waals surface area contributed by atoms with Crippen LogP contribution in [0.5, 0.6) is 5.75 Å². The highest BCUT2D eigenvalue weighted by molar-refractivity contribution is 5.95. The Hall–Kier alpha value is -2.36. The SMILES string of the molecule is CCC(C(=O)Nc1ccc(O)cc1F)c1ccccc1. The van der Waals surface area contributed by atoms with Crippen LogP contribution in [-0.2, 0) is 4.79 Å². The minimum Gasteiger partial charge on any atom is -0.508 e. The fourth-order valence-electron chi connectivity index (χ4n) is 2.08. The molecule has 2 rings (SSSR count). The van der Waals surface area contributed by atoms with E-state index in [1.54, 1.807) is 0 Å². The number of halogens is 1. The van der Waals surface area contributed by atoms with Crippen LogP contribution in [0.25, 0.3) is 0 Å². The average Bonchev–Trinajstić information content (AvgIpc) is 2.44. The molecule has 0 aliphatic heterocycles. The van der Waals surface area contributed by atoms with Crippen LogP contribution in [-0.4, -0.2) is 11.0 Å². The summed E-state index contributed by atoms with van der Waals surface area (Å²) in [5, 5.41) is 11.7. The molecular formula is C16H16FNO2. The molecule has 1 amide bonds. The molecular weight excluding hydrogens is 257 g/mol. The summed E-state index contributed by atoms with van der Waals surface area (Å²) in [6, 6.07) is 13.0. The van der Waals surface area contributed by atoms with E-state index < -0.39 is 5.82 Å². The molecule has 104 valence electrons. The Kier molecular flexibility index (Phi) is 4.35. The summed E-state index contributed by atoms with van der Waals surface area (Å²) in [7, 11) is 0. The van der Waals surface area contributed by atoms with Gasteiger partial charge in [0.2, 0.25) is 5.91 Å². The highest BCUT2D eigenvalue weighted by Gasteiger charge is 2.19. The number of phenols is 1. The van der Waals surface area contributed by atoms with Crippen molar-refractivity contribution in [2.45, 2.75) is 19.3 Å². The number of benzene rings is 2. The molecule has 3 nitrogen and oxygen atoms in total. The van der Waals surface area contributed by atoms with Crippen molar-refractivity contribution in [3.05, 3.63) is 59.9 Å². The van der Waals surface area contributed by atoms with Gasteiger partial charge in [-0.25, -0.2) is 4.39 Å². The summed E-state index contributed by atoms with van der Waals surface area (Å²) in [5.74, 6) is -1.41. The van der Waals surface area contributed by atoms with E-state index in [0.717, 1.165) is 11.6 Å². The number of carbonyl (C=O) groups is 1. The standard InChI is InChI=1S/C16H16FNO2/c1-2-13(11-6-4-3-5-7-11)16(20)18-15-9-8-12(19)10-14(15)17/h3-10,13,19H,2H2,1H3,(H,18,20). The van der Waals surface area contributed by atoms with Gasteiger partial charge in [-0.3, -0.25) is 4.79 Å². The van der Waals surface area contributed by atoms with Crippen LogP contribution >= 0.6 is 0 Å². The van der Waals surface area contributed by atoms with Gasteiger partial charge in [0.1, 0.15) is 11.6 Å². The van der Waals surface area contributed by atoms with Crippen molar-refractivity contribution in [3.63, 3.8) is 0 Å². The monoisotopic (exact) mass is 273 g/mol. The fourth-order valence-corrected chi connectivity index (χ4v) is 2.08. The molecule has 4 heteroatoms. The largest absolute Gasteiger partial charge is 0.508 e. The maximum atomic E-state index is 13.6. The van der Waals surface area contributed by atoms with Gasteiger partial charge in [-0.2, -0.15) is 0 Å². The van der Waals surface area contributed by atoms with Crippen molar-refractivity contribution < 1.29 is 14.3 Å². The van der Waals surface area contributed by atoms with Crippen molar-refractivity contribution in [2.24, 2.45) is 0 Å². The highest BCUT2D eigenvalue weighted by Crippen LogP contribution is 2.24. The highest BCUT2D eigenvalue weighted by atomic mass is 19.1. The lowest BCUT2D eigenvalue weighted by molar-refractivity contribution is -0.117. The lowest BCUT2D eigenvalue weighted by Crippen LogP contribution is -2.21. The first-order chi connectivity index (χ1) is 9.61. The zero-order chi connectivity index (χ0) is 14.5. The van der Waals surface area contributed by atoms with E-state index in [-0.39, 0.29) is 23.3 Å². The molecule has 0 radical (unpaired) electrons. The molecule has 0 aromatic heterocycles. The molecule has 0 spiro atoms. The second-order valence-corrected chi connectivity index (χ2v) is 4.52.